The highest BCUT2D eigenvalue weighted by atomic mass is 16.3. The molecule has 0 aliphatic rings. The summed E-state index contributed by atoms with van der Waals surface area (Å²) in [6.07, 6.45) is 0. The fraction of sp³-hybridized carbons (Fsp3) is 0. The topological polar surface area (TPSA) is 65.0 Å². The standard InChI is InChI=1S/C51H31N3O2/c1-4-13-32(14-5-1)35-19-10-20-38(29-35)50-52-49(34-17-8-3-9-18-34)53-51(54-50)41-22-12-24-45-48(41)42-30-37(26-28-43(42)55-45)39-21-11-23-44-47(39)40-27-25-36(31-46(40)56-44)33-15-6-2-7-16-33/h1-31H. The van der Waals surface area contributed by atoms with E-state index < -0.39 is 0 Å². The van der Waals surface area contributed by atoms with Crippen molar-refractivity contribution in [3.8, 4) is 67.5 Å². The Morgan fingerprint density at radius 1 is 0.268 bits per heavy atom. The summed E-state index contributed by atoms with van der Waals surface area (Å²) in [5.41, 5.74) is 12.6. The quantitative estimate of drug-likeness (QED) is 0.171. The molecule has 3 heterocycles. The average molecular weight is 718 g/mol. The van der Waals surface area contributed by atoms with Crippen molar-refractivity contribution in [1.29, 1.82) is 0 Å². The van der Waals surface area contributed by atoms with Crippen molar-refractivity contribution in [3.63, 3.8) is 0 Å². The van der Waals surface area contributed by atoms with Gasteiger partial charge in [-0.15, -0.1) is 0 Å². The number of hydrogen-bond acceptors (Lipinski definition) is 5. The number of benzene rings is 8. The summed E-state index contributed by atoms with van der Waals surface area (Å²) in [6.45, 7) is 0. The summed E-state index contributed by atoms with van der Waals surface area (Å²) in [5, 5.41) is 4.10. The number of nitrogens with zero attached hydrogens (tertiary/aromatic N) is 3. The Morgan fingerprint density at radius 3 is 1.50 bits per heavy atom. The number of fused-ring (bicyclic) bond motifs is 6. The predicted octanol–water partition coefficient (Wildman–Crippen LogP) is 13.7. The van der Waals surface area contributed by atoms with E-state index in [-0.39, 0.29) is 0 Å². The molecule has 0 bridgehead atoms. The van der Waals surface area contributed by atoms with Crippen LogP contribution >= 0.6 is 0 Å². The first-order valence-corrected chi connectivity index (χ1v) is 18.7. The first-order valence-electron chi connectivity index (χ1n) is 18.7. The van der Waals surface area contributed by atoms with E-state index in [1.807, 2.05) is 60.7 Å². The minimum Gasteiger partial charge on any atom is -0.456 e. The Bertz CT molecular complexity index is 3240. The molecule has 0 aliphatic heterocycles. The van der Waals surface area contributed by atoms with Gasteiger partial charge in [0.25, 0.3) is 0 Å². The second-order valence-electron chi connectivity index (χ2n) is 14.0. The van der Waals surface area contributed by atoms with Gasteiger partial charge in [-0.2, -0.15) is 0 Å². The lowest BCUT2D eigenvalue weighted by atomic mass is 9.96. The van der Waals surface area contributed by atoms with E-state index in [0.29, 0.717) is 17.5 Å². The van der Waals surface area contributed by atoms with E-state index in [1.54, 1.807) is 0 Å². The minimum atomic E-state index is 0.579. The molecule has 0 unspecified atom stereocenters. The molecule has 262 valence electrons. The number of rotatable bonds is 6. The Balaban J connectivity index is 1.08. The SMILES string of the molecule is c1ccc(-c2cccc(-c3nc(-c4ccccc4)nc(-c4cccc5oc6ccc(-c7cccc8oc9cc(-c%10ccccc%10)ccc9c78)cc6c45)n3)c2)cc1. The third-order valence-corrected chi connectivity index (χ3v) is 10.5. The zero-order valence-corrected chi connectivity index (χ0v) is 30.1. The van der Waals surface area contributed by atoms with Crippen LogP contribution in [0.3, 0.4) is 0 Å². The zero-order valence-electron chi connectivity index (χ0n) is 30.1. The van der Waals surface area contributed by atoms with Crippen molar-refractivity contribution in [2.45, 2.75) is 0 Å². The van der Waals surface area contributed by atoms with E-state index in [2.05, 4.69) is 127 Å². The Labute approximate surface area is 322 Å². The normalized spacial score (nSPS) is 11.6. The van der Waals surface area contributed by atoms with Gasteiger partial charge in [0.15, 0.2) is 17.5 Å². The van der Waals surface area contributed by atoms with Crippen molar-refractivity contribution in [2.75, 3.05) is 0 Å². The smallest absolute Gasteiger partial charge is 0.164 e. The maximum atomic E-state index is 6.51. The Hall–Kier alpha value is -7.63. The highest BCUT2D eigenvalue weighted by molar-refractivity contribution is 6.16. The molecule has 0 saturated heterocycles. The number of aromatic nitrogens is 3. The molecule has 5 nitrogen and oxygen atoms in total. The van der Waals surface area contributed by atoms with Crippen LogP contribution in [0.1, 0.15) is 0 Å². The van der Waals surface area contributed by atoms with Crippen LogP contribution in [0.2, 0.25) is 0 Å². The van der Waals surface area contributed by atoms with E-state index in [9.17, 15) is 0 Å². The van der Waals surface area contributed by atoms with E-state index in [4.69, 9.17) is 23.8 Å². The van der Waals surface area contributed by atoms with Gasteiger partial charge in [0.05, 0.1) is 0 Å². The van der Waals surface area contributed by atoms with Crippen LogP contribution in [0.15, 0.2) is 197 Å². The summed E-state index contributed by atoms with van der Waals surface area (Å²) >= 11 is 0. The van der Waals surface area contributed by atoms with Crippen LogP contribution in [-0.2, 0) is 0 Å². The van der Waals surface area contributed by atoms with Gasteiger partial charge in [-0.25, -0.2) is 15.0 Å². The number of furan rings is 2. The predicted molar refractivity (Wildman–Crippen MR) is 227 cm³/mol. The maximum Gasteiger partial charge on any atom is 0.164 e. The van der Waals surface area contributed by atoms with Crippen molar-refractivity contribution in [2.24, 2.45) is 0 Å². The highest BCUT2D eigenvalue weighted by Gasteiger charge is 2.20. The molecule has 0 spiro atoms. The van der Waals surface area contributed by atoms with Gasteiger partial charge in [0, 0.05) is 38.2 Å². The molecule has 11 aromatic rings. The van der Waals surface area contributed by atoms with E-state index >= 15 is 0 Å². The molecule has 0 radical (unpaired) electrons. The minimum absolute atomic E-state index is 0.579. The van der Waals surface area contributed by atoms with Crippen LogP contribution < -0.4 is 0 Å². The fourth-order valence-electron chi connectivity index (χ4n) is 7.87. The summed E-state index contributed by atoms with van der Waals surface area (Å²) in [6, 6.07) is 64.5. The van der Waals surface area contributed by atoms with Gasteiger partial charge >= 0.3 is 0 Å². The molecular formula is C51H31N3O2. The summed E-state index contributed by atoms with van der Waals surface area (Å²) in [5.74, 6) is 1.79. The molecule has 8 aromatic carbocycles. The first-order chi connectivity index (χ1) is 27.7. The van der Waals surface area contributed by atoms with E-state index in [1.165, 1.54) is 0 Å². The molecule has 0 N–H and O–H groups in total. The van der Waals surface area contributed by atoms with Gasteiger partial charge in [0.1, 0.15) is 22.3 Å². The largest absolute Gasteiger partial charge is 0.456 e. The highest BCUT2D eigenvalue weighted by Crippen LogP contribution is 2.42. The molecule has 0 amide bonds. The van der Waals surface area contributed by atoms with Crippen molar-refractivity contribution in [1.82, 2.24) is 15.0 Å². The number of hydrogen-bond donors (Lipinski definition) is 0. The van der Waals surface area contributed by atoms with Crippen LogP contribution in [0.5, 0.6) is 0 Å². The van der Waals surface area contributed by atoms with Crippen LogP contribution in [-0.4, -0.2) is 15.0 Å². The first kappa shape index (κ1) is 31.9. The Kier molecular flexibility index (Phi) is 7.42. The van der Waals surface area contributed by atoms with Crippen molar-refractivity contribution in [3.05, 3.63) is 188 Å². The molecule has 56 heavy (non-hydrogen) atoms. The van der Waals surface area contributed by atoms with Gasteiger partial charge in [-0.3, -0.25) is 0 Å². The van der Waals surface area contributed by atoms with E-state index in [0.717, 1.165) is 93.9 Å². The third kappa shape index (κ3) is 5.45. The molecule has 0 aliphatic carbocycles. The molecule has 0 saturated carbocycles. The summed E-state index contributed by atoms with van der Waals surface area (Å²) in [4.78, 5) is 15.3. The van der Waals surface area contributed by atoms with Gasteiger partial charge in [-0.05, 0) is 75.8 Å². The molecule has 5 heteroatoms. The second-order valence-corrected chi connectivity index (χ2v) is 14.0. The van der Waals surface area contributed by atoms with Crippen LogP contribution in [0.25, 0.3) is 111 Å². The molecule has 3 aromatic heterocycles. The Morgan fingerprint density at radius 2 is 0.786 bits per heavy atom. The average Bonchev–Trinajstić information content (AvgIpc) is 3.85. The lowest BCUT2D eigenvalue weighted by Gasteiger charge is -2.10. The van der Waals surface area contributed by atoms with Crippen molar-refractivity contribution < 1.29 is 8.83 Å². The molecule has 11 rings (SSSR count). The molecule has 0 atom stereocenters. The maximum absolute atomic E-state index is 6.51. The lowest BCUT2D eigenvalue weighted by molar-refractivity contribution is 0.669. The lowest BCUT2D eigenvalue weighted by Crippen LogP contribution is -2.00. The monoisotopic (exact) mass is 717 g/mol. The van der Waals surface area contributed by atoms with Gasteiger partial charge < -0.3 is 8.83 Å². The molecule has 0 fully saturated rings. The summed E-state index contributed by atoms with van der Waals surface area (Å²) in [7, 11) is 0. The zero-order chi connectivity index (χ0) is 37.0. The fourth-order valence-corrected chi connectivity index (χ4v) is 7.87. The second kappa shape index (κ2) is 13.0. The van der Waals surface area contributed by atoms with Gasteiger partial charge in [-0.1, -0.05) is 146 Å². The van der Waals surface area contributed by atoms with Crippen LogP contribution in [0.4, 0.5) is 0 Å². The van der Waals surface area contributed by atoms with Gasteiger partial charge in [0.2, 0.25) is 0 Å². The van der Waals surface area contributed by atoms with Crippen molar-refractivity contribution >= 4 is 43.9 Å². The summed E-state index contributed by atoms with van der Waals surface area (Å²) < 4.78 is 13.0. The third-order valence-electron chi connectivity index (χ3n) is 10.5. The van der Waals surface area contributed by atoms with Crippen LogP contribution in [0, 0.1) is 0 Å². The molecular weight excluding hydrogens is 687 g/mol.